The van der Waals surface area contributed by atoms with E-state index in [2.05, 4.69) is 4.98 Å². The summed E-state index contributed by atoms with van der Waals surface area (Å²) in [7, 11) is 1.93. The van der Waals surface area contributed by atoms with Crippen molar-refractivity contribution >= 4 is 16.6 Å². The van der Waals surface area contributed by atoms with Gasteiger partial charge in [-0.05, 0) is 42.5 Å². The second kappa shape index (κ2) is 5.41. The van der Waals surface area contributed by atoms with Crippen LogP contribution in [0.5, 0.6) is 0 Å². The molecule has 0 bridgehead atoms. The number of anilines is 1. The molecule has 0 aliphatic carbocycles. The average molecular weight is 319 g/mol. The van der Waals surface area contributed by atoms with Gasteiger partial charge in [-0.3, -0.25) is 0 Å². The Morgan fingerprint density at radius 1 is 1.35 bits per heavy atom. The lowest BCUT2D eigenvalue weighted by atomic mass is 9.86. The van der Waals surface area contributed by atoms with Gasteiger partial charge in [-0.25, -0.2) is 4.98 Å². The van der Waals surface area contributed by atoms with Crippen LogP contribution in [0, 0.1) is 11.3 Å². The Morgan fingerprint density at radius 2 is 2.09 bits per heavy atom. The molecule has 0 spiro atoms. The van der Waals surface area contributed by atoms with Crippen molar-refractivity contribution in [3.8, 4) is 6.07 Å². The van der Waals surface area contributed by atoms with E-state index in [-0.39, 0.29) is 22.5 Å². The predicted molar refractivity (Wildman–Crippen MR) is 82.4 cm³/mol. The van der Waals surface area contributed by atoms with E-state index in [1.807, 2.05) is 18.9 Å². The SMILES string of the molecule is CCC1CCN(C)c2cc3nc(C#N)cc(C(F)(F)F)c3cc21. The fourth-order valence-corrected chi connectivity index (χ4v) is 3.28. The summed E-state index contributed by atoms with van der Waals surface area (Å²) < 4.78 is 40.1. The monoisotopic (exact) mass is 319 g/mol. The highest BCUT2D eigenvalue weighted by Crippen LogP contribution is 2.42. The number of pyridine rings is 1. The van der Waals surface area contributed by atoms with Gasteiger partial charge in [0, 0.05) is 24.7 Å². The third-order valence-electron chi connectivity index (χ3n) is 4.53. The molecule has 0 saturated heterocycles. The van der Waals surface area contributed by atoms with Crippen molar-refractivity contribution in [3.63, 3.8) is 0 Å². The minimum Gasteiger partial charge on any atom is -0.374 e. The summed E-state index contributed by atoms with van der Waals surface area (Å²) in [6, 6.07) is 5.85. The number of fused-ring (bicyclic) bond motifs is 2. The first-order valence-corrected chi connectivity index (χ1v) is 7.52. The van der Waals surface area contributed by atoms with Gasteiger partial charge in [0.1, 0.15) is 11.8 Å². The van der Waals surface area contributed by atoms with Crippen molar-refractivity contribution < 1.29 is 13.2 Å². The molecule has 0 saturated carbocycles. The molecule has 1 aromatic carbocycles. The summed E-state index contributed by atoms with van der Waals surface area (Å²) in [5.41, 5.74) is 1.07. The van der Waals surface area contributed by atoms with Gasteiger partial charge in [0.25, 0.3) is 0 Å². The average Bonchev–Trinajstić information content (AvgIpc) is 2.52. The topological polar surface area (TPSA) is 39.9 Å². The Bertz CT molecular complexity index is 805. The van der Waals surface area contributed by atoms with E-state index < -0.39 is 11.7 Å². The van der Waals surface area contributed by atoms with Crippen LogP contribution < -0.4 is 4.90 Å². The normalized spacial score (nSPS) is 17.9. The highest BCUT2D eigenvalue weighted by atomic mass is 19.4. The number of alkyl halides is 3. The van der Waals surface area contributed by atoms with Crippen LogP contribution in [0.3, 0.4) is 0 Å². The number of benzene rings is 1. The molecule has 0 N–H and O–H groups in total. The smallest absolute Gasteiger partial charge is 0.374 e. The zero-order chi connectivity index (χ0) is 16.8. The van der Waals surface area contributed by atoms with E-state index in [9.17, 15) is 13.2 Å². The molecule has 6 heteroatoms. The summed E-state index contributed by atoms with van der Waals surface area (Å²) in [6.07, 6.45) is -2.70. The molecule has 3 rings (SSSR count). The van der Waals surface area contributed by atoms with Gasteiger partial charge in [0.2, 0.25) is 0 Å². The molecule has 1 unspecified atom stereocenters. The van der Waals surface area contributed by atoms with Gasteiger partial charge in [0.15, 0.2) is 0 Å². The number of nitrogens with zero attached hydrogens (tertiary/aromatic N) is 3. The van der Waals surface area contributed by atoms with Gasteiger partial charge in [-0.1, -0.05) is 6.92 Å². The number of rotatable bonds is 1. The van der Waals surface area contributed by atoms with Crippen LogP contribution in [-0.4, -0.2) is 18.6 Å². The van der Waals surface area contributed by atoms with Crippen LogP contribution in [0.25, 0.3) is 10.9 Å². The van der Waals surface area contributed by atoms with Gasteiger partial charge in [-0.15, -0.1) is 0 Å². The first-order chi connectivity index (χ1) is 10.8. The van der Waals surface area contributed by atoms with E-state index in [4.69, 9.17) is 5.26 Å². The summed E-state index contributed by atoms with van der Waals surface area (Å²) in [5.74, 6) is 0.252. The molecule has 0 radical (unpaired) electrons. The van der Waals surface area contributed by atoms with Crippen LogP contribution in [0.15, 0.2) is 18.2 Å². The first kappa shape index (κ1) is 15.6. The fraction of sp³-hybridized carbons (Fsp3) is 0.412. The summed E-state index contributed by atoms with van der Waals surface area (Å²) in [6.45, 7) is 2.91. The van der Waals surface area contributed by atoms with Crippen LogP contribution in [0.2, 0.25) is 0 Å². The van der Waals surface area contributed by atoms with E-state index >= 15 is 0 Å². The lowest BCUT2D eigenvalue weighted by molar-refractivity contribution is -0.136. The summed E-state index contributed by atoms with van der Waals surface area (Å²) in [4.78, 5) is 6.11. The van der Waals surface area contributed by atoms with Gasteiger partial charge >= 0.3 is 6.18 Å². The van der Waals surface area contributed by atoms with Crippen molar-refractivity contribution in [2.24, 2.45) is 0 Å². The number of hydrogen-bond donors (Lipinski definition) is 0. The highest BCUT2D eigenvalue weighted by molar-refractivity contribution is 5.88. The molecule has 1 aliphatic rings. The van der Waals surface area contributed by atoms with E-state index in [1.165, 1.54) is 0 Å². The molecule has 23 heavy (non-hydrogen) atoms. The Kier molecular flexibility index (Phi) is 3.67. The Hall–Kier alpha value is -2.29. The van der Waals surface area contributed by atoms with Crippen LogP contribution in [-0.2, 0) is 6.18 Å². The quantitative estimate of drug-likeness (QED) is 0.779. The van der Waals surface area contributed by atoms with Gasteiger partial charge in [-0.2, -0.15) is 18.4 Å². The van der Waals surface area contributed by atoms with E-state index in [0.29, 0.717) is 0 Å². The van der Waals surface area contributed by atoms with Crippen molar-refractivity contribution in [3.05, 3.63) is 35.0 Å². The highest BCUT2D eigenvalue weighted by Gasteiger charge is 2.34. The molecular formula is C17H16F3N3. The molecule has 3 nitrogen and oxygen atoms in total. The maximum atomic E-state index is 13.4. The molecule has 0 amide bonds. The Labute approximate surface area is 132 Å². The largest absolute Gasteiger partial charge is 0.417 e. The number of halogens is 3. The van der Waals surface area contributed by atoms with E-state index in [0.717, 1.165) is 36.7 Å². The minimum absolute atomic E-state index is 0.0731. The molecule has 1 atom stereocenters. The second-order valence-electron chi connectivity index (χ2n) is 5.91. The van der Waals surface area contributed by atoms with Gasteiger partial charge < -0.3 is 4.90 Å². The zero-order valence-corrected chi connectivity index (χ0v) is 12.9. The van der Waals surface area contributed by atoms with Crippen molar-refractivity contribution in [1.29, 1.82) is 5.26 Å². The zero-order valence-electron chi connectivity index (χ0n) is 12.9. The standard InChI is InChI=1S/C17H16F3N3/c1-3-10-4-5-23(2)16-8-15-13(7-12(10)16)14(17(18,19)20)6-11(9-21)22-15/h6-8,10H,3-5H2,1-2H3. The van der Waals surface area contributed by atoms with E-state index in [1.54, 1.807) is 18.2 Å². The van der Waals surface area contributed by atoms with Crippen molar-refractivity contribution in [1.82, 2.24) is 4.98 Å². The number of hydrogen-bond acceptors (Lipinski definition) is 3. The number of aromatic nitrogens is 1. The maximum Gasteiger partial charge on any atom is 0.417 e. The van der Waals surface area contributed by atoms with Crippen LogP contribution in [0.4, 0.5) is 18.9 Å². The molecular weight excluding hydrogens is 303 g/mol. The van der Waals surface area contributed by atoms with Crippen LogP contribution >= 0.6 is 0 Å². The molecule has 120 valence electrons. The lowest BCUT2D eigenvalue weighted by Gasteiger charge is -2.33. The fourth-order valence-electron chi connectivity index (χ4n) is 3.28. The Balaban J connectivity index is 2.35. The van der Waals surface area contributed by atoms with Crippen LogP contribution in [0.1, 0.15) is 42.5 Å². The van der Waals surface area contributed by atoms with Crippen molar-refractivity contribution in [2.45, 2.75) is 31.9 Å². The third-order valence-corrected chi connectivity index (χ3v) is 4.53. The minimum atomic E-state index is -4.51. The first-order valence-electron chi connectivity index (χ1n) is 7.52. The molecule has 2 aromatic rings. The predicted octanol–water partition coefficient (Wildman–Crippen LogP) is 4.46. The molecule has 1 aromatic heterocycles. The van der Waals surface area contributed by atoms with Crippen molar-refractivity contribution in [2.75, 3.05) is 18.5 Å². The third kappa shape index (κ3) is 2.61. The second-order valence-corrected chi connectivity index (χ2v) is 5.91. The molecule has 0 fully saturated rings. The Morgan fingerprint density at radius 3 is 2.70 bits per heavy atom. The number of nitriles is 1. The summed E-state index contributed by atoms with van der Waals surface area (Å²) in [5, 5.41) is 9.04. The maximum absolute atomic E-state index is 13.4. The molecule has 2 heterocycles. The van der Waals surface area contributed by atoms with Gasteiger partial charge in [0.05, 0.1) is 11.1 Å². The lowest BCUT2D eigenvalue weighted by Crippen LogP contribution is -2.27. The molecule has 1 aliphatic heterocycles. The summed E-state index contributed by atoms with van der Waals surface area (Å²) >= 11 is 0.